The van der Waals surface area contributed by atoms with Gasteiger partial charge in [0.25, 0.3) is 11.8 Å². The van der Waals surface area contributed by atoms with E-state index in [2.05, 4.69) is 20.9 Å². The van der Waals surface area contributed by atoms with Crippen LogP contribution in [-0.2, 0) is 43.2 Å². The first-order valence-electron chi connectivity index (χ1n) is 13.2. The molecule has 0 radical (unpaired) electrons. The van der Waals surface area contributed by atoms with Crippen molar-refractivity contribution >= 4 is 59.2 Å². The Morgan fingerprint density at radius 3 is 1.91 bits per heavy atom. The molecule has 1 aliphatic heterocycles. The van der Waals surface area contributed by atoms with Gasteiger partial charge < -0.3 is 53.4 Å². The first-order chi connectivity index (χ1) is 21.1. The van der Waals surface area contributed by atoms with Gasteiger partial charge in [-0.1, -0.05) is 0 Å². The number of hydrogen-bond acceptors (Lipinski definition) is 11. The number of aliphatic carboxylic acids is 2. The van der Waals surface area contributed by atoms with E-state index in [0.717, 1.165) is 17.1 Å². The number of amides is 7. The molecule has 3 atom stereocenters. The number of aliphatic hydroxyl groups excluding tert-OH is 1. The van der Waals surface area contributed by atoms with Crippen molar-refractivity contribution in [1.82, 2.24) is 31.5 Å². The van der Waals surface area contributed by atoms with Crippen molar-refractivity contribution in [2.75, 3.05) is 32.8 Å². The van der Waals surface area contributed by atoms with Gasteiger partial charge in [0.05, 0.1) is 26.1 Å². The number of carbonyl (C=O) groups excluding carboxylic acids is 7. The van der Waals surface area contributed by atoms with Crippen molar-refractivity contribution in [3.8, 4) is 0 Å². The van der Waals surface area contributed by atoms with Crippen LogP contribution in [-0.4, -0.2) is 130 Å². The van der Waals surface area contributed by atoms with E-state index in [-0.39, 0.29) is 38.3 Å². The number of imide groups is 1. The van der Waals surface area contributed by atoms with E-state index < -0.39 is 97.5 Å². The quantitative estimate of drug-likeness (QED) is 0.0256. The highest BCUT2D eigenvalue weighted by Gasteiger charge is 2.29. The smallest absolute Gasteiger partial charge is 0.328 e. The van der Waals surface area contributed by atoms with Crippen molar-refractivity contribution in [3.05, 3.63) is 12.2 Å². The normalized spacial score (nSPS) is 14.0. The standard InChI is InChI=1S/C24H35N9O12/c25-24(26)27-6-1-2-12(30-16(36)9-28-15(35)5-7-33-18(38)3-4-19(33)39)21(42)29-10-17(37)31-13(8-20(40)41)22(43)32-14(11-34)23(44)45/h3-4,12-14,34H,1-2,5-11H2,(H,28,35)(H,29,42)(H,30,36)(H,31,37)(H,32,43)(H,40,41)(H,44,45)(H4,25,26,27)/t12-,13-,14-/m0/s1. The zero-order valence-corrected chi connectivity index (χ0v) is 23.8. The van der Waals surface area contributed by atoms with Gasteiger partial charge in [-0.25, -0.2) is 4.79 Å². The largest absolute Gasteiger partial charge is 0.481 e. The molecule has 0 aromatic rings. The lowest BCUT2D eigenvalue weighted by Gasteiger charge is -2.21. The second kappa shape index (κ2) is 18.8. The van der Waals surface area contributed by atoms with E-state index in [9.17, 15) is 43.2 Å². The second-order valence-electron chi connectivity index (χ2n) is 9.27. The Bertz CT molecular complexity index is 1210. The minimum absolute atomic E-state index is 0.0438. The van der Waals surface area contributed by atoms with Gasteiger partial charge in [0.15, 0.2) is 5.96 Å². The zero-order valence-electron chi connectivity index (χ0n) is 23.8. The Labute approximate surface area is 254 Å². The van der Waals surface area contributed by atoms with Gasteiger partial charge >= 0.3 is 11.9 Å². The Hall–Kier alpha value is -5.60. The van der Waals surface area contributed by atoms with Crippen molar-refractivity contribution < 1.29 is 58.5 Å². The van der Waals surface area contributed by atoms with Crippen LogP contribution in [0, 0.1) is 0 Å². The summed E-state index contributed by atoms with van der Waals surface area (Å²) in [6.07, 6.45) is 0.990. The predicted octanol–water partition coefficient (Wildman–Crippen LogP) is -6.41. The van der Waals surface area contributed by atoms with E-state index in [1.165, 1.54) is 0 Å². The van der Waals surface area contributed by atoms with Crippen LogP contribution >= 0.6 is 0 Å². The van der Waals surface area contributed by atoms with Crippen LogP contribution in [0.5, 0.6) is 0 Å². The van der Waals surface area contributed by atoms with Crippen molar-refractivity contribution in [1.29, 1.82) is 0 Å². The van der Waals surface area contributed by atoms with Gasteiger partial charge in [-0.05, 0) is 12.8 Å². The van der Waals surface area contributed by atoms with Crippen molar-refractivity contribution in [2.45, 2.75) is 43.8 Å². The lowest BCUT2D eigenvalue weighted by atomic mass is 10.1. The maximum Gasteiger partial charge on any atom is 0.328 e. The first-order valence-corrected chi connectivity index (χ1v) is 13.2. The summed E-state index contributed by atoms with van der Waals surface area (Å²) in [5.74, 6) is -9.17. The Morgan fingerprint density at radius 1 is 0.800 bits per heavy atom. The number of nitrogens with two attached hydrogens (primary N) is 2. The minimum atomic E-state index is -1.77. The van der Waals surface area contributed by atoms with Crippen LogP contribution < -0.4 is 38.1 Å². The molecule has 0 aliphatic carbocycles. The second-order valence-corrected chi connectivity index (χ2v) is 9.27. The summed E-state index contributed by atoms with van der Waals surface area (Å²) in [5, 5.41) is 37.8. The first kappa shape index (κ1) is 37.4. The third kappa shape index (κ3) is 14.4. The summed E-state index contributed by atoms with van der Waals surface area (Å²) in [6, 6.07) is -4.81. The molecule has 1 rings (SSSR count). The molecule has 0 aromatic carbocycles. The molecule has 248 valence electrons. The highest BCUT2D eigenvalue weighted by molar-refractivity contribution is 6.13. The maximum atomic E-state index is 12.8. The average molecular weight is 642 g/mol. The Balaban J connectivity index is 2.74. The number of aliphatic imine (C=N–C) groups is 1. The molecule has 0 saturated carbocycles. The number of aliphatic hydroxyl groups is 1. The number of rotatable bonds is 20. The topological polar surface area (TPSA) is 342 Å². The molecular formula is C24H35N9O12. The summed E-state index contributed by atoms with van der Waals surface area (Å²) in [6.45, 7) is -2.55. The van der Waals surface area contributed by atoms with E-state index in [0.29, 0.717) is 0 Å². The summed E-state index contributed by atoms with van der Waals surface area (Å²) < 4.78 is 0. The number of nitrogens with zero attached hydrogens (tertiary/aromatic N) is 2. The number of hydrogen-bond donors (Lipinski definition) is 10. The number of carboxylic acid groups (broad SMARTS) is 2. The summed E-state index contributed by atoms with van der Waals surface area (Å²) >= 11 is 0. The molecule has 21 heteroatoms. The molecule has 7 amide bonds. The van der Waals surface area contributed by atoms with Crippen molar-refractivity contribution in [3.63, 3.8) is 0 Å². The Morgan fingerprint density at radius 2 is 1.38 bits per heavy atom. The molecule has 45 heavy (non-hydrogen) atoms. The molecule has 0 unspecified atom stereocenters. The fraction of sp³-hybridized carbons (Fsp3) is 0.500. The van der Waals surface area contributed by atoms with Gasteiger partial charge in [0.1, 0.15) is 18.1 Å². The molecule has 0 bridgehead atoms. The zero-order chi connectivity index (χ0) is 34.1. The van der Waals surface area contributed by atoms with Crippen LogP contribution in [0.15, 0.2) is 17.1 Å². The highest BCUT2D eigenvalue weighted by atomic mass is 16.4. The average Bonchev–Trinajstić information content (AvgIpc) is 3.29. The van der Waals surface area contributed by atoms with Crippen LogP contribution in [0.4, 0.5) is 0 Å². The third-order valence-corrected chi connectivity index (χ3v) is 5.76. The van der Waals surface area contributed by atoms with Crippen LogP contribution in [0.3, 0.4) is 0 Å². The lowest BCUT2D eigenvalue weighted by Crippen LogP contribution is -2.55. The van der Waals surface area contributed by atoms with E-state index in [1.54, 1.807) is 0 Å². The number of nitrogens with one attached hydrogen (secondary N) is 5. The predicted molar refractivity (Wildman–Crippen MR) is 149 cm³/mol. The fourth-order valence-electron chi connectivity index (χ4n) is 3.53. The molecule has 0 saturated heterocycles. The molecule has 0 spiro atoms. The summed E-state index contributed by atoms with van der Waals surface area (Å²) in [4.78, 5) is 112. The van der Waals surface area contributed by atoms with Gasteiger partial charge in [-0.2, -0.15) is 0 Å². The van der Waals surface area contributed by atoms with Crippen molar-refractivity contribution in [2.24, 2.45) is 16.5 Å². The number of carboxylic acids is 2. The van der Waals surface area contributed by atoms with Gasteiger partial charge in [0.2, 0.25) is 29.5 Å². The lowest BCUT2D eigenvalue weighted by molar-refractivity contribution is -0.144. The summed E-state index contributed by atoms with van der Waals surface area (Å²) in [7, 11) is 0. The number of carbonyl (C=O) groups is 9. The molecule has 0 aromatic heterocycles. The SMILES string of the molecule is NC(N)=NCCC[C@H](NC(=O)CNC(=O)CCN1C(=O)C=CC1=O)C(=O)NCC(=O)N[C@@H](CC(=O)O)C(=O)N[C@@H](CO)C(=O)O. The third-order valence-electron chi connectivity index (χ3n) is 5.76. The van der Waals surface area contributed by atoms with Crippen LogP contribution in [0.1, 0.15) is 25.7 Å². The number of guanidine groups is 1. The van der Waals surface area contributed by atoms with Gasteiger partial charge in [-0.3, -0.25) is 48.2 Å². The molecule has 1 heterocycles. The monoisotopic (exact) mass is 641 g/mol. The van der Waals surface area contributed by atoms with E-state index in [4.69, 9.17) is 26.8 Å². The maximum absolute atomic E-state index is 12.8. The van der Waals surface area contributed by atoms with Gasteiger partial charge in [-0.15, -0.1) is 0 Å². The molecule has 12 N–H and O–H groups in total. The highest BCUT2D eigenvalue weighted by Crippen LogP contribution is 2.04. The molecular weight excluding hydrogens is 606 g/mol. The van der Waals surface area contributed by atoms with Crippen LogP contribution in [0.2, 0.25) is 0 Å². The molecule has 21 nitrogen and oxygen atoms in total. The molecule has 0 fully saturated rings. The Kier molecular flexibility index (Phi) is 15.7. The van der Waals surface area contributed by atoms with E-state index >= 15 is 0 Å². The minimum Gasteiger partial charge on any atom is -0.481 e. The fourth-order valence-corrected chi connectivity index (χ4v) is 3.53. The van der Waals surface area contributed by atoms with E-state index in [1.807, 2.05) is 10.6 Å². The summed E-state index contributed by atoms with van der Waals surface area (Å²) in [5.41, 5.74) is 10.5. The van der Waals surface area contributed by atoms with Crippen LogP contribution in [0.25, 0.3) is 0 Å². The van der Waals surface area contributed by atoms with Gasteiger partial charge in [0, 0.05) is 31.7 Å². The molecule has 1 aliphatic rings.